The molecule has 1 amide bonds. The van der Waals surface area contributed by atoms with Crippen LogP contribution in [0.2, 0.25) is 0 Å². The van der Waals surface area contributed by atoms with Crippen molar-refractivity contribution >= 4 is 16.9 Å². The van der Waals surface area contributed by atoms with Gasteiger partial charge in [-0.25, -0.2) is 4.98 Å². The quantitative estimate of drug-likeness (QED) is 0.758. The summed E-state index contributed by atoms with van der Waals surface area (Å²) in [4.78, 5) is 24.0. The van der Waals surface area contributed by atoms with Crippen molar-refractivity contribution in [1.82, 2.24) is 25.2 Å². The molecule has 0 aromatic carbocycles. The van der Waals surface area contributed by atoms with Gasteiger partial charge in [0.1, 0.15) is 5.52 Å². The van der Waals surface area contributed by atoms with Crippen LogP contribution in [0.1, 0.15) is 36.5 Å². The number of aliphatic hydroxyl groups is 1. The summed E-state index contributed by atoms with van der Waals surface area (Å²) in [5, 5.41) is 12.7. The lowest BCUT2D eigenvalue weighted by Gasteiger charge is -2.25. The fourth-order valence-electron chi connectivity index (χ4n) is 3.14. The molecule has 1 atom stereocenters. The third-order valence-electron chi connectivity index (χ3n) is 4.13. The largest absolute Gasteiger partial charge is 0.449 e. The Morgan fingerprint density at radius 3 is 2.81 bits per heavy atom. The summed E-state index contributed by atoms with van der Waals surface area (Å²) in [6, 6.07) is -0.152. The van der Waals surface area contributed by atoms with Crippen molar-refractivity contribution in [1.29, 1.82) is 0 Å². The lowest BCUT2D eigenvalue weighted by molar-refractivity contribution is -0.144. The number of hydrogen-bond acceptors (Lipinski definition) is 5. The molecule has 0 radical (unpaired) electrons. The second-order valence-electron chi connectivity index (χ2n) is 7.17. The van der Waals surface area contributed by atoms with Gasteiger partial charge in [0.25, 0.3) is 5.91 Å². The standard InChI is InChI=1S/C16H20F3N5O2/c1-15(2,26)8-24-4-3-9(7-24)21-13(25)10-5-20-6-11-12(10)23-14(22-11)16(17,18)19/h5-6,9,26H,3-4,7-8H2,1-2H3,(H,21,25)(H,22,23)/t9-/m0/s1. The molecule has 1 saturated heterocycles. The molecule has 7 nitrogen and oxygen atoms in total. The van der Waals surface area contributed by atoms with Crippen molar-refractivity contribution in [3.63, 3.8) is 0 Å². The highest BCUT2D eigenvalue weighted by molar-refractivity contribution is 6.04. The molecule has 0 saturated carbocycles. The summed E-state index contributed by atoms with van der Waals surface area (Å²) in [5.41, 5.74) is -0.844. The summed E-state index contributed by atoms with van der Waals surface area (Å²) < 4.78 is 38.5. The van der Waals surface area contributed by atoms with E-state index in [4.69, 9.17) is 0 Å². The maximum Gasteiger partial charge on any atom is 0.449 e. The number of aromatic nitrogens is 3. The van der Waals surface area contributed by atoms with E-state index in [1.165, 1.54) is 12.4 Å². The predicted octanol–water partition coefficient (Wildman–Crippen LogP) is 1.55. The van der Waals surface area contributed by atoms with Crippen LogP contribution in [0.15, 0.2) is 12.4 Å². The lowest BCUT2D eigenvalue weighted by atomic mass is 10.1. The number of pyridine rings is 1. The summed E-state index contributed by atoms with van der Waals surface area (Å²) in [6.45, 7) is 5.18. The molecule has 1 aliphatic rings. The third-order valence-corrected chi connectivity index (χ3v) is 4.13. The van der Waals surface area contributed by atoms with E-state index in [0.29, 0.717) is 19.5 Å². The van der Waals surface area contributed by atoms with Gasteiger partial charge in [-0.1, -0.05) is 0 Å². The minimum absolute atomic E-state index is 0.00446. The van der Waals surface area contributed by atoms with Crippen LogP contribution in [-0.2, 0) is 6.18 Å². The number of alkyl halides is 3. The Balaban J connectivity index is 1.74. The number of β-amino-alcohol motifs (C(OH)–C–C–N with tert-alkyl or cyclic N) is 1. The average Bonchev–Trinajstić information content (AvgIpc) is 3.11. The molecular weight excluding hydrogens is 351 g/mol. The molecular formula is C16H20F3N5O2. The van der Waals surface area contributed by atoms with Gasteiger partial charge in [-0.05, 0) is 20.3 Å². The van der Waals surface area contributed by atoms with E-state index >= 15 is 0 Å². The van der Waals surface area contributed by atoms with Crippen molar-refractivity contribution in [2.75, 3.05) is 19.6 Å². The number of rotatable bonds is 4. The number of aromatic amines is 1. The number of H-pyrrole nitrogens is 1. The Morgan fingerprint density at radius 1 is 1.42 bits per heavy atom. The second kappa shape index (κ2) is 6.51. The van der Waals surface area contributed by atoms with Crippen LogP contribution in [0, 0.1) is 0 Å². The number of imidazole rings is 1. The van der Waals surface area contributed by atoms with Crippen molar-refractivity contribution < 1.29 is 23.1 Å². The first kappa shape index (κ1) is 18.6. The Bertz CT molecular complexity index is 812. The number of hydrogen-bond donors (Lipinski definition) is 3. The smallest absolute Gasteiger partial charge is 0.389 e. The number of carbonyl (C=O) groups is 1. The van der Waals surface area contributed by atoms with Crippen LogP contribution in [0.5, 0.6) is 0 Å². The highest BCUT2D eigenvalue weighted by atomic mass is 19.4. The minimum Gasteiger partial charge on any atom is -0.389 e. The molecule has 3 N–H and O–H groups in total. The molecule has 1 fully saturated rings. The number of fused-ring (bicyclic) bond motifs is 1. The SMILES string of the molecule is CC(C)(O)CN1CC[C@H](NC(=O)c2cncc3[nH]c(C(F)(F)F)nc23)C1. The third kappa shape index (κ3) is 4.13. The molecule has 0 spiro atoms. The molecule has 0 bridgehead atoms. The molecule has 1 aliphatic heterocycles. The zero-order valence-corrected chi connectivity index (χ0v) is 14.4. The number of nitrogens with one attached hydrogen (secondary N) is 2. The summed E-state index contributed by atoms with van der Waals surface area (Å²) in [6.07, 6.45) is -1.52. The molecule has 0 aliphatic carbocycles. The number of amides is 1. The van der Waals surface area contributed by atoms with Gasteiger partial charge in [0, 0.05) is 31.9 Å². The zero-order valence-electron chi connectivity index (χ0n) is 14.4. The van der Waals surface area contributed by atoms with E-state index in [2.05, 4.69) is 20.3 Å². The van der Waals surface area contributed by atoms with Crippen LogP contribution in [0.4, 0.5) is 13.2 Å². The van der Waals surface area contributed by atoms with E-state index < -0.39 is 23.5 Å². The van der Waals surface area contributed by atoms with Crippen LogP contribution < -0.4 is 5.32 Å². The van der Waals surface area contributed by atoms with Gasteiger partial charge in [0.15, 0.2) is 0 Å². The summed E-state index contributed by atoms with van der Waals surface area (Å²) in [5.74, 6) is -1.68. The molecule has 2 aromatic heterocycles. The van der Waals surface area contributed by atoms with Crippen molar-refractivity contribution in [3.8, 4) is 0 Å². The molecule has 26 heavy (non-hydrogen) atoms. The Morgan fingerprint density at radius 2 is 2.15 bits per heavy atom. The van der Waals surface area contributed by atoms with E-state index in [9.17, 15) is 23.1 Å². The number of likely N-dealkylation sites (tertiary alicyclic amines) is 1. The first-order valence-electron chi connectivity index (χ1n) is 8.19. The highest BCUT2D eigenvalue weighted by Gasteiger charge is 2.35. The monoisotopic (exact) mass is 371 g/mol. The van der Waals surface area contributed by atoms with Gasteiger partial charge in [-0.15, -0.1) is 0 Å². The predicted molar refractivity (Wildman–Crippen MR) is 87.5 cm³/mol. The van der Waals surface area contributed by atoms with Crippen LogP contribution in [0.3, 0.4) is 0 Å². The maximum atomic E-state index is 12.8. The van der Waals surface area contributed by atoms with Crippen molar-refractivity contribution in [2.24, 2.45) is 0 Å². The van der Waals surface area contributed by atoms with Crippen molar-refractivity contribution in [2.45, 2.75) is 38.1 Å². The Hall–Kier alpha value is -2.20. The van der Waals surface area contributed by atoms with Gasteiger partial charge >= 0.3 is 6.18 Å². The topological polar surface area (TPSA) is 94.1 Å². The van der Waals surface area contributed by atoms with Crippen LogP contribution in [0.25, 0.3) is 11.0 Å². The zero-order chi connectivity index (χ0) is 19.1. The molecule has 142 valence electrons. The summed E-state index contributed by atoms with van der Waals surface area (Å²) in [7, 11) is 0. The second-order valence-corrected chi connectivity index (χ2v) is 7.17. The fraction of sp³-hybridized carbons (Fsp3) is 0.562. The minimum atomic E-state index is -4.63. The van der Waals surface area contributed by atoms with E-state index in [1.54, 1.807) is 13.8 Å². The fourth-order valence-corrected chi connectivity index (χ4v) is 3.14. The van der Waals surface area contributed by atoms with E-state index in [-0.39, 0.29) is 22.6 Å². The lowest BCUT2D eigenvalue weighted by Crippen LogP contribution is -2.41. The van der Waals surface area contributed by atoms with Gasteiger partial charge in [0.05, 0.1) is 22.9 Å². The molecule has 0 unspecified atom stereocenters. The number of nitrogens with zero attached hydrogens (tertiary/aromatic N) is 3. The average molecular weight is 371 g/mol. The molecule has 3 heterocycles. The molecule has 10 heteroatoms. The highest BCUT2D eigenvalue weighted by Crippen LogP contribution is 2.29. The summed E-state index contributed by atoms with van der Waals surface area (Å²) >= 11 is 0. The van der Waals surface area contributed by atoms with Crippen LogP contribution >= 0.6 is 0 Å². The van der Waals surface area contributed by atoms with Gasteiger partial charge < -0.3 is 15.4 Å². The van der Waals surface area contributed by atoms with E-state index in [0.717, 1.165) is 6.54 Å². The van der Waals surface area contributed by atoms with Gasteiger partial charge in [0.2, 0.25) is 5.82 Å². The van der Waals surface area contributed by atoms with Gasteiger partial charge in [-0.2, -0.15) is 13.2 Å². The molecule has 2 aromatic rings. The Kier molecular flexibility index (Phi) is 4.65. The maximum absolute atomic E-state index is 12.8. The number of carbonyl (C=O) groups excluding carboxylic acids is 1. The first-order valence-corrected chi connectivity index (χ1v) is 8.19. The van der Waals surface area contributed by atoms with E-state index in [1.807, 2.05) is 4.90 Å². The van der Waals surface area contributed by atoms with Crippen molar-refractivity contribution in [3.05, 3.63) is 23.8 Å². The van der Waals surface area contributed by atoms with Gasteiger partial charge in [-0.3, -0.25) is 14.7 Å². The number of halogens is 3. The normalized spacial score (nSPS) is 19.2. The molecule has 3 rings (SSSR count). The first-order chi connectivity index (χ1) is 12.0. The van der Waals surface area contributed by atoms with Crippen LogP contribution in [-0.4, -0.2) is 62.1 Å². The Labute approximate surface area is 147 Å².